The molecule has 19 heavy (non-hydrogen) atoms. The number of hydrogen-bond acceptors (Lipinski definition) is 3. The fourth-order valence-electron chi connectivity index (χ4n) is 3.12. The number of aliphatic hydroxyl groups excluding tert-OH is 1. The van der Waals surface area contributed by atoms with Crippen molar-refractivity contribution in [3.05, 3.63) is 28.3 Å². The van der Waals surface area contributed by atoms with E-state index in [4.69, 9.17) is 16.3 Å². The summed E-state index contributed by atoms with van der Waals surface area (Å²) in [5, 5.41) is 13.8. The summed E-state index contributed by atoms with van der Waals surface area (Å²) in [5.41, 5.74) is 2.37. The second-order valence-corrected chi connectivity index (χ2v) is 6.05. The molecule has 1 fully saturated rings. The Morgan fingerprint density at radius 1 is 1.37 bits per heavy atom. The average Bonchev–Trinajstić information content (AvgIpc) is 2.98. The van der Waals surface area contributed by atoms with Gasteiger partial charge < -0.3 is 15.2 Å². The van der Waals surface area contributed by atoms with E-state index in [0.717, 1.165) is 61.7 Å². The first kappa shape index (κ1) is 13.2. The molecule has 1 aromatic rings. The maximum absolute atomic E-state index is 9.51. The third-order valence-electron chi connectivity index (χ3n) is 4.09. The van der Waals surface area contributed by atoms with E-state index in [-0.39, 0.29) is 6.10 Å². The number of hydrogen-bond donors (Lipinski definition) is 2. The number of rotatable bonds is 4. The molecule has 1 aliphatic carbocycles. The highest BCUT2D eigenvalue weighted by Gasteiger charge is 2.22. The number of ether oxygens (including phenoxy) is 1. The van der Waals surface area contributed by atoms with Crippen molar-refractivity contribution in [2.45, 2.75) is 38.3 Å². The number of fused-ring (bicyclic) bond motifs is 1. The lowest BCUT2D eigenvalue weighted by atomic mass is 10.1. The third-order valence-corrected chi connectivity index (χ3v) is 4.31. The molecule has 1 aliphatic heterocycles. The summed E-state index contributed by atoms with van der Waals surface area (Å²) in [6, 6.07) is 3.99. The van der Waals surface area contributed by atoms with Crippen LogP contribution in [0, 0.1) is 5.92 Å². The second kappa shape index (κ2) is 5.70. The maximum Gasteiger partial charge on any atom is 0.127 e. The van der Waals surface area contributed by atoms with Gasteiger partial charge in [-0.1, -0.05) is 11.6 Å². The van der Waals surface area contributed by atoms with Crippen LogP contribution < -0.4 is 10.1 Å². The molecule has 3 nitrogen and oxygen atoms in total. The monoisotopic (exact) mass is 281 g/mol. The van der Waals surface area contributed by atoms with Gasteiger partial charge in [-0.25, -0.2) is 0 Å². The van der Waals surface area contributed by atoms with E-state index in [2.05, 4.69) is 5.32 Å². The Labute approximate surface area is 118 Å². The molecule has 1 aromatic carbocycles. The average molecular weight is 282 g/mol. The topological polar surface area (TPSA) is 41.5 Å². The first-order valence-electron chi connectivity index (χ1n) is 7.05. The van der Waals surface area contributed by atoms with Crippen molar-refractivity contribution in [1.82, 2.24) is 5.32 Å². The van der Waals surface area contributed by atoms with Gasteiger partial charge in [0.05, 0.1) is 12.7 Å². The van der Waals surface area contributed by atoms with Gasteiger partial charge in [-0.2, -0.15) is 0 Å². The Kier molecular flexibility index (Phi) is 3.96. The van der Waals surface area contributed by atoms with Crippen molar-refractivity contribution in [2.75, 3.05) is 13.2 Å². The van der Waals surface area contributed by atoms with Crippen molar-refractivity contribution in [3.8, 4) is 5.75 Å². The molecule has 2 aliphatic rings. The molecule has 4 heteroatoms. The highest BCUT2D eigenvalue weighted by atomic mass is 35.5. The van der Waals surface area contributed by atoms with E-state index >= 15 is 0 Å². The molecule has 0 aromatic heterocycles. The zero-order valence-corrected chi connectivity index (χ0v) is 11.7. The molecule has 0 saturated heterocycles. The van der Waals surface area contributed by atoms with E-state index in [9.17, 15) is 5.11 Å². The normalized spacial score (nSPS) is 25.4. The Hall–Kier alpha value is -0.770. The fraction of sp³-hybridized carbons (Fsp3) is 0.600. The molecule has 0 bridgehead atoms. The lowest BCUT2D eigenvalue weighted by Gasteiger charge is -2.13. The number of benzene rings is 1. The van der Waals surface area contributed by atoms with E-state index in [1.54, 1.807) is 0 Å². The van der Waals surface area contributed by atoms with Crippen molar-refractivity contribution in [3.63, 3.8) is 0 Å². The number of aliphatic hydroxyl groups is 1. The predicted octanol–water partition coefficient (Wildman–Crippen LogP) is 2.53. The van der Waals surface area contributed by atoms with Crippen molar-refractivity contribution in [2.24, 2.45) is 5.92 Å². The molecule has 1 saturated carbocycles. The Balaban J connectivity index is 1.58. The standard InChI is InChI=1S/C15H20ClNO2/c16-13-6-11-3-4-19-15(11)12(7-13)9-17-8-10-1-2-14(18)5-10/h6-7,10,14,17-18H,1-5,8-9H2. The first-order chi connectivity index (χ1) is 9.22. The van der Waals surface area contributed by atoms with Crippen LogP contribution in [0.2, 0.25) is 5.02 Å². The molecule has 1 heterocycles. The van der Waals surface area contributed by atoms with Gasteiger partial charge in [0.2, 0.25) is 0 Å². The molecule has 2 atom stereocenters. The van der Waals surface area contributed by atoms with Gasteiger partial charge in [0.25, 0.3) is 0 Å². The van der Waals surface area contributed by atoms with Crippen LogP contribution >= 0.6 is 11.6 Å². The highest BCUT2D eigenvalue weighted by molar-refractivity contribution is 6.30. The molecule has 2 N–H and O–H groups in total. The largest absolute Gasteiger partial charge is 0.493 e. The number of halogens is 1. The smallest absolute Gasteiger partial charge is 0.127 e. The summed E-state index contributed by atoms with van der Waals surface area (Å²) in [6.07, 6.45) is 3.86. The summed E-state index contributed by atoms with van der Waals surface area (Å²) >= 11 is 6.14. The van der Waals surface area contributed by atoms with Crippen LogP contribution in [0.4, 0.5) is 0 Å². The molecular formula is C15H20ClNO2. The SMILES string of the molecule is OC1CCC(CNCc2cc(Cl)cc3c2OCC3)C1. The summed E-state index contributed by atoms with van der Waals surface area (Å²) in [4.78, 5) is 0. The van der Waals surface area contributed by atoms with E-state index in [0.29, 0.717) is 5.92 Å². The van der Waals surface area contributed by atoms with Crippen LogP contribution in [0.25, 0.3) is 0 Å². The first-order valence-corrected chi connectivity index (χ1v) is 7.43. The minimum absolute atomic E-state index is 0.0921. The van der Waals surface area contributed by atoms with Crippen LogP contribution in [0.3, 0.4) is 0 Å². The van der Waals surface area contributed by atoms with Gasteiger partial charge in [0, 0.05) is 23.6 Å². The van der Waals surface area contributed by atoms with Crippen molar-refractivity contribution >= 4 is 11.6 Å². The third kappa shape index (κ3) is 3.04. The zero-order valence-electron chi connectivity index (χ0n) is 11.0. The molecule has 0 spiro atoms. The Morgan fingerprint density at radius 3 is 3.05 bits per heavy atom. The lowest BCUT2D eigenvalue weighted by molar-refractivity contribution is 0.177. The molecule has 3 rings (SSSR count). The quantitative estimate of drug-likeness (QED) is 0.891. The predicted molar refractivity (Wildman–Crippen MR) is 75.7 cm³/mol. The molecular weight excluding hydrogens is 262 g/mol. The molecule has 104 valence electrons. The van der Waals surface area contributed by atoms with Gasteiger partial charge in [0.15, 0.2) is 0 Å². The summed E-state index contributed by atoms with van der Waals surface area (Å²) in [5.74, 6) is 1.62. The van der Waals surface area contributed by atoms with Crippen LogP contribution in [0.15, 0.2) is 12.1 Å². The highest BCUT2D eigenvalue weighted by Crippen LogP contribution is 2.33. The second-order valence-electron chi connectivity index (χ2n) is 5.62. The van der Waals surface area contributed by atoms with Gasteiger partial charge >= 0.3 is 0 Å². The van der Waals surface area contributed by atoms with Gasteiger partial charge in [0.1, 0.15) is 5.75 Å². The van der Waals surface area contributed by atoms with Crippen LogP contribution in [0.5, 0.6) is 5.75 Å². The molecule has 0 radical (unpaired) electrons. The van der Waals surface area contributed by atoms with Gasteiger partial charge in [-0.15, -0.1) is 0 Å². The lowest BCUT2D eigenvalue weighted by Crippen LogP contribution is -2.21. The Morgan fingerprint density at radius 2 is 2.26 bits per heavy atom. The minimum Gasteiger partial charge on any atom is -0.493 e. The van der Waals surface area contributed by atoms with E-state index in [1.165, 1.54) is 5.56 Å². The van der Waals surface area contributed by atoms with Gasteiger partial charge in [-0.05, 0) is 49.4 Å². The van der Waals surface area contributed by atoms with Crippen LogP contribution in [0.1, 0.15) is 30.4 Å². The fourth-order valence-corrected chi connectivity index (χ4v) is 3.39. The molecule has 0 amide bonds. The number of nitrogens with one attached hydrogen (secondary N) is 1. The summed E-state index contributed by atoms with van der Waals surface area (Å²) < 4.78 is 5.69. The zero-order chi connectivity index (χ0) is 13.2. The van der Waals surface area contributed by atoms with Gasteiger partial charge in [-0.3, -0.25) is 0 Å². The van der Waals surface area contributed by atoms with Crippen LogP contribution in [-0.4, -0.2) is 24.4 Å². The van der Waals surface area contributed by atoms with E-state index in [1.807, 2.05) is 12.1 Å². The van der Waals surface area contributed by atoms with E-state index < -0.39 is 0 Å². The summed E-state index contributed by atoms with van der Waals surface area (Å²) in [6.45, 7) is 2.51. The van der Waals surface area contributed by atoms with Crippen molar-refractivity contribution < 1.29 is 9.84 Å². The van der Waals surface area contributed by atoms with Crippen LogP contribution in [-0.2, 0) is 13.0 Å². The summed E-state index contributed by atoms with van der Waals surface area (Å²) in [7, 11) is 0. The maximum atomic E-state index is 9.51. The Bertz CT molecular complexity index is 464. The van der Waals surface area contributed by atoms with Crippen molar-refractivity contribution in [1.29, 1.82) is 0 Å². The minimum atomic E-state index is -0.0921. The molecule has 2 unspecified atom stereocenters.